The highest BCUT2D eigenvalue weighted by Gasteiger charge is 2.34. The van der Waals surface area contributed by atoms with Gasteiger partial charge < -0.3 is 9.42 Å². The van der Waals surface area contributed by atoms with Crippen molar-refractivity contribution in [3.05, 3.63) is 71.1 Å². The minimum Gasteiger partial charge on any atom is -0.339 e. The molecule has 1 saturated heterocycles. The topological polar surface area (TPSA) is 59.2 Å². The van der Waals surface area contributed by atoms with Crippen LogP contribution >= 0.6 is 0 Å². The van der Waals surface area contributed by atoms with Gasteiger partial charge in [-0.15, -0.1) is 0 Å². The summed E-state index contributed by atoms with van der Waals surface area (Å²) in [4.78, 5) is 18.9. The zero-order valence-corrected chi connectivity index (χ0v) is 16.6. The SMILES string of the molecule is Cc1cccc(CN2CC(c3nc(-c4ccc(C(C)C)cc4)no3)CC2=O)c1. The maximum absolute atomic E-state index is 12.5. The molecule has 1 aromatic heterocycles. The highest BCUT2D eigenvalue weighted by molar-refractivity contribution is 5.79. The van der Waals surface area contributed by atoms with Gasteiger partial charge in [-0.05, 0) is 24.0 Å². The largest absolute Gasteiger partial charge is 0.339 e. The molecule has 0 saturated carbocycles. The smallest absolute Gasteiger partial charge is 0.232 e. The average Bonchev–Trinajstić information content (AvgIpc) is 3.29. The van der Waals surface area contributed by atoms with E-state index in [1.54, 1.807) is 0 Å². The van der Waals surface area contributed by atoms with E-state index in [1.165, 1.54) is 11.1 Å². The first-order chi connectivity index (χ1) is 13.5. The minimum absolute atomic E-state index is 0.0477. The zero-order chi connectivity index (χ0) is 19.7. The Bertz CT molecular complexity index is 976. The van der Waals surface area contributed by atoms with Gasteiger partial charge in [-0.1, -0.05) is 73.1 Å². The molecule has 1 aliphatic heterocycles. The van der Waals surface area contributed by atoms with Crippen molar-refractivity contribution < 1.29 is 9.32 Å². The molecular formula is C23H25N3O2. The standard InChI is InChI=1S/C23H25N3O2/c1-15(2)18-7-9-19(10-8-18)22-24-23(28-25-22)20-12-21(27)26(14-20)13-17-6-4-5-16(3)11-17/h4-11,15,20H,12-14H2,1-3H3. The lowest BCUT2D eigenvalue weighted by Crippen LogP contribution is -2.24. The summed E-state index contributed by atoms with van der Waals surface area (Å²) in [5.74, 6) is 1.69. The Morgan fingerprint density at radius 3 is 2.68 bits per heavy atom. The second-order valence-corrected chi connectivity index (χ2v) is 7.90. The average molecular weight is 375 g/mol. The quantitative estimate of drug-likeness (QED) is 0.649. The van der Waals surface area contributed by atoms with Crippen LogP contribution in [0.1, 0.15) is 54.7 Å². The van der Waals surface area contributed by atoms with Crippen molar-refractivity contribution in [2.24, 2.45) is 0 Å². The van der Waals surface area contributed by atoms with Crippen LogP contribution in [0.25, 0.3) is 11.4 Å². The minimum atomic E-state index is -0.0477. The predicted molar refractivity (Wildman–Crippen MR) is 108 cm³/mol. The molecule has 4 rings (SSSR count). The molecule has 0 spiro atoms. The van der Waals surface area contributed by atoms with Crippen LogP contribution in [0.5, 0.6) is 0 Å². The monoisotopic (exact) mass is 375 g/mol. The van der Waals surface area contributed by atoms with Crippen molar-refractivity contribution >= 4 is 5.91 Å². The summed E-state index contributed by atoms with van der Waals surface area (Å²) in [5.41, 5.74) is 4.55. The van der Waals surface area contributed by atoms with Gasteiger partial charge in [0.1, 0.15) is 0 Å². The Balaban J connectivity index is 1.46. The fraction of sp³-hybridized carbons (Fsp3) is 0.348. The molecule has 0 bridgehead atoms. The molecule has 1 amide bonds. The highest BCUT2D eigenvalue weighted by atomic mass is 16.5. The third kappa shape index (κ3) is 3.84. The molecule has 0 radical (unpaired) electrons. The number of aryl methyl sites for hydroxylation is 1. The first-order valence-corrected chi connectivity index (χ1v) is 9.77. The summed E-state index contributed by atoms with van der Waals surface area (Å²) >= 11 is 0. The number of benzene rings is 2. The van der Waals surface area contributed by atoms with Gasteiger partial charge in [0.2, 0.25) is 17.6 Å². The predicted octanol–water partition coefficient (Wildman–Crippen LogP) is 4.68. The molecule has 1 aliphatic rings. The number of carbonyl (C=O) groups is 1. The second-order valence-electron chi connectivity index (χ2n) is 7.90. The lowest BCUT2D eigenvalue weighted by molar-refractivity contribution is -0.128. The Morgan fingerprint density at radius 1 is 1.18 bits per heavy atom. The van der Waals surface area contributed by atoms with E-state index < -0.39 is 0 Å². The van der Waals surface area contributed by atoms with E-state index in [9.17, 15) is 4.79 Å². The van der Waals surface area contributed by atoms with Crippen LogP contribution in [-0.2, 0) is 11.3 Å². The van der Waals surface area contributed by atoms with Gasteiger partial charge >= 0.3 is 0 Å². The summed E-state index contributed by atoms with van der Waals surface area (Å²) in [5, 5.41) is 4.14. The molecule has 5 heteroatoms. The van der Waals surface area contributed by atoms with E-state index in [0.29, 0.717) is 37.1 Å². The van der Waals surface area contributed by atoms with E-state index in [0.717, 1.165) is 11.1 Å². The molecule has 1 atom stereocenters. The van der Waals surface area contributed by atoms with Crippen molar-refractivity contribution in [1.82, 2.24) is 15.0 Å². The Kier molecular flexibility index (Phi) is 4.99. The van der Waals surface area contributed by atoms with Crippen LogP contribution in [0, 0.1) is 6.92 Å². The molecule has 3 aromatic rings. The fourth-order valence-corrected chi connectivity index (χ4v) is 3.66. The van der Waals surface area contributed by atoms with E-state index in [2.05, 4.69) is 61.2 Å². The van der Waals surface area contributed by atoms with Crippen molar-refractivity contribution in [1.29, 1.82) is 0 Å². The second kappa shape index (κ2) is 7.58. The van der Waals surface area contributed by atoms with Gasteiger partial charge in [0, 0.05) is 25.1 Å². The number of likely N-dealkylation sites (tertiary alicyclic amines) is 1. The van der Waals surface area contributed by atoms with Crippen LogP contribution in [0.4, 0.5) is 0 Å². The molecule has 0 aliphatic carbocycles. The summed E-state index contributed by atoms with van der Waals surface area (Å²) in [6, 6.07) is 16.5. The summed E-state index contributed by atoms with van der Waals surface area (Å²) < 4.78 is 5.51. The van der Waals surface area contributed by atoms with E-state index in [-0.39, 0.29) is 11.8 Å². The lowest BCUT2D eigenvalue weighted by Gasteiger charge is -2.16. The van der Waals surface area contributed by atoms with Crippen molar-refractivity contribution in [2.75, 3.05) is 6.54 Å². The maximum Gasteiger partial charge on any atom is 0.232 e. The van der Waals surface area contributed by atoms with Crippen LogP contribution in [0.3, 0.4) is 0 Å². The Morgan fingerprint density at radius 2 is 1.96 bits per heavy atom. The van der Waals surface area contributed by atoms with Gasteiger partial charge in [-0.3, -0.25) is 4.79 Å². The first kappa shape index (κ1) is 18.4. The lowest BCUT2D eigenvalue weighted by atomic mass is 10.0. The Hall–Kier alpha value is -2.95. The fourth-order valence-electron chi connectivity index (χ4n) is 3.66. The molecule has 1 unspecified atom stereocenters. The van der Waals surface area contributed by atoms with Crippen molar-refractivity contribution in [3.63, 3.8) is 0 Å². The normalized spacial score (nSPS) is 16.9. The van der Waals surface area contributed by atoms with Gasteiger partial charge in [-0.25, -0.2) is 0 Å². The molecule has 1 fully saturated rings. The number of amides is 1. The van der Waals surface area contributed by atoms with Gasteiger partial charge in [0.15, 0.2) is 0 Å². The van der Waals surface area contributed by atoms with Gasteiger partial charge in [0.25, 0.3) is 0 Å². The molecule has 0 N–H and O–H groups in total. The molecule has 144 valence electrons. The summed E-state index contributed by atoms with van der Waals surface area (Å²) in [6.45, 7) is 7.63. The number of hydrogen-bond acceptors (Lipinski definition) is 4. The summed E-state index contributed by atoms with van der Waals surface area (Å²) in [6.07, 6.45) is 0.416. The number of aromatic nitrogens is 2. The Labute approximate surface area is 165 Å². The molecule has 2 heterocycles. The maximum atomic E-state index is 12.5. The van der Waals surface area contributed by atoms with E-state index in [4.69, 9.17) is 4.52 Å². The van der Waals surface area contributed by atoms with Crippen molar-refractivity contribution in [3.8, 4) is 11.4 Å². The summed E-state index contributed by atoms with van der Waals surface area (Å²) in [7, 11) is 0. The van der Waals surface area contributed by atoms with Crippen LogP contribution < -0.4 is 0 Å². The van der Waals surface area contributed by atoms with Crippen LogP contribution in [0.15, 0.2) is 53.1 Å². The van der Waals surface area contributed by atoms with E-state index in [1.807, 2.05) is 23.1 Å². The van der Waals surface area contributed by atoms with E-state index >= 15 is 0 Å². The van der Waals surface area contributed by atoms with Gasteiger partial charge in [0.05, 0.1) is 5.92 Å². The highest BCUT2D eigenvalue weighted by Crippen LogP contribution is 2.30. The number of carbonyl (C=O) groups excluding carboxylic acids is 1. The number of nitrogens with zero attached hydrogens (tertiary/aromatic N) is 3. The molecule has 5 nitrogen and oxygen atoms in total. The molecule has 2 aromatic carbocycles. The van der Waals surface area contributed by atoms with Crippen LogP contribution in [0.2, 0.25) is 0 Å². The van der Waals surface area contributed by atoms with Crippen LogP contribution in [-0.4, -0.2) is 27.5 Å². The third-order valence-corrected chi connectivity index (χ3v) is 5.30. The van der Waals surface area contributed by atoms with Gasteiger partial charge in [-0.2, -0.15) is 4.98 Å². The van der Waals surface area contributed by atoms with Crippen molar-refractivity contribution in [2.45, 2.75) is 45.6 Å². The first-order valence-electron chi connectivity index (χ1n) is 9.77. The molecule has 28 heavy (non-hydrogen) atoms. The zero-order valence-electron chi connectivity index (χ0n) is 16.6. The number of hydrogen-bond donors (Lipinski definition) is 0. The number of rotatable bonds is 5. The molecular weight excluding hydrogens is 350 g/mol. The third-order valence-electron chi connectivity index (χ3n) is 5.30.